The highest BCUT2D eigenvalue weighted by molar-refractivity contribution is 5.98. The van der Waals surface area contributed by atoms with Crippen LogP contribution in [-0.4, -0.2) is 69.2 Å². The molecule has 4 saturated carbocycles. The second-order valence-corrected chi connectivity index (χ2v) is 12.8. The highest BCUT2D eigenvalue weighted by Crippen LogP contribution is 2.36. The second-order valence-electron chi connectivity index (χ2n) is 12.8. The zero-order valence-electron chi connectivity index (χ0n) is 23.4. The molecule has 37 heavy (non-hydrogen) atoms. The standard InChI is InChI=1S/C31H54N2O4/c34-29(35)31(30(36)37,21-23-32(25-13-5-1-6-14-25)26-15-7-2-8-16-26)22-24-33(27-17-9-3-10-18-27)28-19-11-4-12-20-28/h25-28H,1-24H2,(H,34,35)(H,36,37). The van der Waals surface area contributed by atoms with Crippen molar-refractivity contribution in [2.45, 2.75) is 165 Å². The molecule has 212 valence electrons. The van der Waals surface area contributed by atoms with Crippen molar-refractivity contribution in [3.05, 3.63) is 0 Å². The van der Waals surface area contributed by atoms with Crippen molar-refractivity contribution in [1.29, 1.82) is 0 Å². The Kier molecular flexibility index (Phi) is 11.2. The molecule has 0 amide bonds. The zero-order valence-corrected chi connectivity index (χ0v) is 23.4. The van der Waals surface area contributed by atoms with Crippen molar-refractivity contribution < 1.29 is 19.8 Å². The van der Waals surface area contributed by atoms with E-state index in [1.165, 1.54) is 128 Å². The van der Waals surface area contributed by atoms with Crippen LogP contribution < -0.4 is 0 Å². The van der Waals surface area contributed by atoms with Crippen molar-refractivity contribution in [3.63, 3.8) is 0 Å². The minimum atomic E-state index is -1.69. The fourth-order valence-corrected chi connectivity index (χ4v) is 8.26. The molecule has 4 aliphatic rings. The van der Waals surface area contributed by atoms with Gasteiger partial charge in [0.05, 0.1) is 0 Å². The predicted molar refractivity (Wildman–Crippen MR) is 148 cm³/mol. The van der Waals surface area contributed by atoms with Crippen molar-refractivity contribution in [2.24, 2.45) is 5.41 Å². The second kappa shape index (κ2) is 14.3. The molecule has 0 spiro atoms. The number of hydrogen-bond donors (Lipinski definition) is 2. The summed E-state index contributed by atoms with van der Waals surface area (Å²) in [4.78, 5) is 30.7. The van der Waals surface area contributed by atoms with Gasteiger partial charge in [0.15, 0.2) is 5.41 Å². The van der Waals surface area contributed by atoms with Gasteiger partial charge in [0.2, 0.25) is 0 Å². The third-order valence-electron chi connectivity index (χ3n) is 10.6. The Morgan fingerprint density at radius 2 is 0.730 bits per heavy atom. The number of carboxylic acid groups (broad SMARTS) is 2. The van der Waals surface area contributed by atoms with Crippen molar-refractivity contribution in [3.8, 4) is 0 Å². The molecule has 2 N–H and O–H groups in total. The van der Waals surface area contributed by atoms with E-state index in [1.54, 1.807) is 0 Å². The summed E-state index contributed by atoms with van der Waals surface area (Å²) in [5.41, 5.74) is -1.69. The van der Waals surface area contributed by atoms with Gasteiger partial charge in [-0.2, -0.15) is 0 Å². The summed E-state index contributed by atoms with van der Waals surface area (Å²) in [5, 5.41) is 20.9. The molecule has 0 heterocycles. The van der Waals surface area contributed by atoms with Crippen LogP contribution in [0.3, 0.4) is 0 Å². The molecule has 0 aromatic heterocycles. The van der Waals surface area contributed by atoms with Gasteiger partial charge in [-0.25, -0.2) is 0 Å². The average Bonchev–Trinajstić information content (AvgIpc) is 2.94. The summed E-state index contributed by atoms with van der Waals surface area (Å²) < 4.78 is 0. The van der Waals surface area contributed by atoms with E-state index in [9.17, 15) is 19.8 Å². The van der Waals surface area contributed by atoms with Gasteiger partial charge < -0.3 is 10.2 Å². The van der Waals surface area contributed by atoms with Crippen LogP contribution in [0.2, 0.25) is 0 Å². The number of hydrogen-bond acceptors (Lipinski definition) is 4. The molecule has 0 unspecified atom stereocenters. The van der Waals surface area contributed by atoms with E-state index in [1.807, 2.05) is 0 Å². The lowest BCUT2D eigenvalue weighted by Gasteiger charge is -2.44. The van der Waals surface area contributed by atoms with Gasteiger partial charge in [0.25, 0.3) is 0 Å². The quantitative estimate of drug-likeness (QED) is 0.275. The first kappa shape index (κ1) is 28.9. The van der Waals surface area contributed by atoms with Crippen molar-refractivity contribution >= 4 is 11.9 Å². The SMILES string of the molecule is O=C(O)C(CCN(C1CCCCC1)C1CCCCC1)(CCN(C1CCCCC1)C1CCCCC1)C(=O)O. The molecule has 0 radical (unpaired) electrons. The first-order valence-corrected chi connectivity index (χ1v) is 16.0. The molecular weight excluding hydrogens is 464 g/mol. The summed E-state index contributed by atoms with van der Waals surface area (Å²) >= 11 is 0. The molecule has 0 aromatic carbocycles. The summed E-state index contributed by atoms with van der Waals surface area (Å²) in [6.07, 6.45) is 25.0. The third kappa shape index (κ3) is 7.50. The maximum absolute atomic E-state index is 12.8. The number of carboxylic acids is 2. The summed E-state index contributed by atoms with van der Waals surface area (Å²) in [7, 11) is 0. The van der Waals surface area contributed by atoms with Crippen molar-refractivity contribution in [2.75, 3.05) is 13.1 Å². The molecule has 0 aliphatic heterocycles. The van der Waals surface area contributed by atoms with Gasteiger partial charge in [-0.15, -0.1) is 0 Å². The topological polar surface area (TPSA) is 81.1 Å². The van der Waals surface area contributed by atoms with Gasteiger partial charge in [0, 0.05) is 37.3 Å². The van der Waals surface area contributed by atoms with Crippen LogP contribution in [0.1, 0.15) is 141 Å². The predicted octanol–water partition coefficient (Wildman–Crippen LogP) is 6.86. The molecular formula is C31H54N2O4. The fraction of sp³-hybridized carbons (Fsp3) is 0.935. The normalized spacial score (nSPS) is 24.1. The molecule has 6 heteroatoms. The van der Waals surface area contributed by atoms with Crippen molar-refractivity contribution in [1.82, 2.24) is 9.80 Å². The van der Waals surface area contributed by atoms with Gasteiger partial charge in [-0.1, -0.05) is 77.0 Å². The Hall–Kier alpha value is -1.14. The van der Waals surface area contributed by atoms with E-state index in [4.69, 9.17) is 0 Å². The van der Waals surface area contributed by atoms with Crippen LogP contribution >= 0.6 is 0 Å². The monoisotopic (exact) mass is 518 g/mol. The maximum atomic E-state index is 12.8. The van der Waals surface area contributed by atoms with Crippen LogP contribution in [0.15, 0.2) is 0 Å². The Balaban J connectivity index is 1.49. The first-order chi connectivity index (χ1) is 18.0. The number of aliphatic carboxylic acids is 2. The lowest BCUT2D eigenvalue weighted by molar-refractivity contribution is -0.167. The van der Waals surface area contributed by atoms with Crippen LogP contribution in [0.4, 0.5) is 0 Å². The van der Waals surface area contributed by atoms with Crippen LogP contribution in [0.5, 0.6) is 0 Å². The van der Waals surface area contributed by atoms with E-state index >= 15 is 0 Å². The van der Waals surface area contributed by atoms with E-state index in [0.29, 0.717) is 37.3 Å². The Labute approximate surface area is 225 Å². The number of rotatable bonds is 12. The largest absolute Gasteiger partial charge is 0.480 e. The summed E-state index contributed by atoms with van der Waals surface area (Å²) in [6, 6.07) is 1.99. The molecule has 4 fully saturated rings. The molecule has 4 rings (SSSR count). The van der Waals surface area contributed by atoms with E-state index in [-0.39, 0.29) is 12.8 Å². The Morgan fingerprint density at radius 1 is 0.486 bits per heavy atom. The van der Waals surface area contributed by atoms with Gasteiger partial charge in [-0.3, -0.25) is 19.4 Å². The minimum Gasteiger partial charge on any atom is -0.480 e. The highest BCUT2D eigenvalue weighted by Gasteiger charge is 2.48. The van der Waals surface area contributed by atoms with Gasteiger partial charge in [-0.05, 0) is 64.2 Å². The first-order valence-electron chi connectivity index (χ1n) is 16.0. The molecule has 0 atom stereocenters. The number of nitrogens with zero attached hydrogens (tertiary/aromatic N) is 2. The average molecular weight is 519 g/mol. The lowest BCUT2D eigenvalue weighted by Crippen LogP contribution is -2.51. The van der Waals surface area contributed by atoms with E-state index in [2.05, 4.69) is 9.80 Å². The van der Waals surface area contributed by atoms with Crippen LogP contribution in [0, 0.1) is 5.41 Å². The maximum Gasteiger partial charge on any atom is 0.321 e. The van der Waals surface area contributed by atoms with Gasteiger partial charge >= 0.3 is 11.9 Å². The van der Waals surface area contributed by atoms with E-state index in [0.717, 1.165) is 0 Å². The third-order valence-corrected chi connectivity index (χ3v) is 10.6. The van der Waals surface area contributed by atoms with Gasteiger partial charge in [0.1, 0.15) is 0 Å². The smallest absolute Gasteiger partial charge is 0.321 e. The molecule has 4 aliphatic carbocycles. The Bertz CT molecular complexity index is 608. The lowest BCUT2D eigenvalue weighted by atomic mass is 9.79. The zero-order chi connectivity index (χ0) is 26.1. The summed E-state index contributed by atoms with van der Waals surface area (Å²) in [6.45, 7) is 1.22. The number of carbonyl (C=O) groups is 2. The summed E-state index contributed by atoms with van der Waals surface area (Å²) in [5.74, 6) is -2.25. The Morgan fingerprint density at radius 3 is 0.946 bits per heavy atom. The van der Waals surface area contributed by atoms with Crippen LogP contribution in [0.25, 0.3) is 0 Å². The fourth-order valence-electron chi connectivity index (χ4n) is 8.26. The molecule has 0 aromatic rings. The molecule has 0 saturated heterocycles. The highest BCUT2D eigenvalue weighted by atomic mass is 16.4. The van der Waals surface area contributed by atoms with E-state index < -0.39 is 17.4 Å². The molecule has 6 nitrogen and oxygen atoms in total. The van der Waals surface area contributed by atoms with Crippen LogP contribution in [-0.2, 0) is 9.59 Å². The molecule has 0 bridgehead atoms. The minimum absolute atomic E-state index is 0.230.